The van der Waals surface area contributed by atoms with E-state index in [1.807, 2.05) is 0 Å². The van der Waals surface area contributed by atoms with E-state index in [-0.39, 0.29) is 24.8 Å². The molecule has 0 amide bonds. The monoisotopic (exact) mass is 438 g/mol. The van der Waals surface area contributed by atoms with Crippen LogP contribution in [-0.2, 0) is 14.0 Å². The largest absolute Gasteiger partial charge is 0.147 e. The summed E-state index contributed by atoms with van der Waals surface area (Å²) in [6.45, 7) is 4.71. The van der Waals surface area contributed by atoms with Crippen LogP contribution in [0.4, 0.5) is 0 Å². The summed E-state index contributed by atoms with van der Waals surface area (Å²) in [6, 6.07) is 18.1. The molecule has 0 nitrogen and oxygen atoms in total. The maximum absolute atomic E-state index is 2.91. The molecule has 26 heavy (non-hydrogen) atoms. The molecule has 0 saturated carbocycles. The SMILES string of the molecule is CC1=Cc2ccccc2[CH]1[Ti]([CH3])([CH3])(=[SiH2])[CH]1C(C)=Cc2ccccc21.Cl.Cl. The summed E-state index contributed by atoms with van der Waals surface area (Å²) >= 11 is -2.91. The fourth-order valence-electron chi connectivity index (χ4n) is 5.64. The summed E-state index contributed by atoms with van der Waals surface area (Å²) < 4.78 is 1.27. The van der Waals surface area contributed by atoms with Crippen molar-refractivity contribution < 1.29 is 14.0 Å². The van der Waals surface area contributed by atoms with E-state index in [0.29, 0.717) is 8.45 Å². The summed E-state index contributed by atoms with van der Waals surface area (Å²) in [4.78, 5) is 0. The molecule has 4 heteroatoms. The number of benzene rings is 2. The number of rotatable bonds is 2. The Bertz CT molecular complexity index is 908. The average molecular weight is 439 g/mol. The van der Waals surface area contributed by atoms with Gasteiger partial charge >= 0.3 is 149 Å². The Labute approximate surface area is 172 Å². The van der Waals surface area contributed by atoms with E-state index in [9.17, 15) is 0 Å². The zero-order valence-corrected chi connectivity index (χ0v) is 20.6. The maximum atomic E-state index is 2.67. The molecule has 0 fully saturated rings. The molecule has 2 aliphatic carbocycles. The van der Waals surface area contributed by atoms with E-state index < -0.39 is 14.0 Å². The number of allylic oxidation sites excluding steroid dienone is 2. The molecule has 0 radical (unpaired) electrons. The van der Waals surface area contributed by atoms with Gasteiger partial charge in [0.1, 0.15) is 0 Å². The summed E-state index contributed by atoms with van der Waals surface area (Å²) in [5.41, 5.74) is 9.18. The predicted octanol–water partition coefficient (Wildman–Crippen LogP) is 6.48. The molecule has 2 atom stereocenters. The first-order chi connectivity index (χ1) is 11.3. The van der Waals surface area contributed by atoms with Crippen molar-refractivity contribution in [3.05, 3.63) is 81.9 Å². The summed E-state index contributed by atoms with van der Waals surface area (Å²) in [6.07, 6.45) is 4.87. The molecule has 2 aliphatic rings. The molecular weight excluding hydrogens is 411 g/mol. The molecule has 0 aliphatic heterocycles. The number of halogens is 2. The molecule has 0 saturated heterocycles. The van der Waals surface area contributed by atoms with Crippen LogP contribution in [0, 0.1) is 0 Å². The van der Waals surface area contributed by atoms with E-state index in [1.54, 1.807) is 22.3 Å². The van der Waals surface area contributed by atoms with Crippen LogP contribution >= 0.6 is 24.8 Å². The standard InChI is InChI=1S/2C10H9.2CH3.2ClH.H2Si.Ti/c2*1-8-6-9-4-2-3-5-10(9)7-8;;;;;;/h2*2-7H,1H3;2*1H3;2*1H;1H2;. The van der Waals surface area contributed by atoms with Crippen LogP contribution in [0.3, 0.4) is 0 Å². The van der Waals surface area contributed by atoms with Crippen LogP contribution in [0.2, 0.25) is 10.5 Å². The van der Waals surface area contributed by atoms with Crippen LogP contribution in [0.15, 0.2) is 59.7 Å². The quantitative estimate of drug-likeness (QED) is 0.470. The summed E-state index contributed by atoms with van der Waals surface area (Å²) in [7, 11) is 2.39. The van der Waals surface area contributed by atoms with Gasteiger partial charge in [0, 0.05) is 0 Å². The Morgan fingerprint density at radius 2 is 1.04 bits per heavy atom. The molecule has 4 rings (SSSR count). The number of hydrogen-bond donors (Lipinski definition) is 0. The smallest absolute Gasteiger partial charge is 0.147 e. The first kappa shape index (κ1) is 21.7. The van der Waals surface area contributed by atoms with Gasteiger partial charge in [-0.15, -0.1) is 24.8 Å². The zero-order chi connectivity index (χ0) is 17.1. The van der Waals surface area contributed by atoms with Gasteiger partial charge in [0.05, 0.1) is 0 Å². The van der Waals surface area contributed by atoms with Crippen molar-refractivity contribution in [1.29, 1.82) is 0 Å². The molecule has 2 aromatic rings. The second-order valence-corrected chi connectivity index (χ2v) is 29.0. The van der Waals surface area contributed by atoms with Crippen molar-refractivity contribution in [2.75, 3.05) is 0 Å². The Hall–Kier alpha value is -0.569. The van der Waals surface area contributed by atoms with Gasteiger partial charge < -0.3 is 0 Å². The van der Waals surface area contributed by atoms with E-state index >= 15 is 0 Å². The number of fused-ring (bicyclic) bond motifs is 2. The van der Waals surface area contributed by atoms with Crippen LogP contribution in [0.25, 0.3) is 12.2 Å². The third-order valence-electron chi connectivity index (χ3n) is 6.19. The Balaban J connectivity index is 0.00000121. The summed E-state index contributed by atoms with van der Waals surface area (Å²) in [5.74, 6) is 0. The molecule has 0 heterocycles. The number of hydrogen-bond acceptors (Lipinski definition) is 0. The van der Waals surface area contributed by atoms with Gasteiger partial charge in [-0.3, -0.25) is 0 Å². The molecule has 138 valence electrons. The van der Waals surface area contributed by atoms with Crippen LogP contribution in [0.1, 0.15) is 44.5 Å². The second-order valence-electron chi connectivity index (χ2n) is 8.84. The Kier molecular flexibility index (Phi) is 5.94. The van der Waals surface area contributed by atoms with Gasteiger partial charge in [0.2, 0.25) is 0 Å². The van der Waals surface area contributed by atoms with E-state index in [1.165, 1.54) is 11.1 Å². The zero-order valence-electron chi connectivity index (χ0n) is 16.0. The minimum absolute atomic E-state index is 0. The molecule has 0 spiro atoms. The molecular formula is C22H28Cl2SiTi. The molecule has 2 unspecified atom stereocenters. The third-order valence-corrected chi connectivity index (χ3v) is 17.9. The van der Waals surface area contributed by atoms with Crippen molar-refractivity contribution in [1.82, 2.24) is 0 Å². The van der Waals surface area contributed by atoms with Crippen molar-refractivity contribution in [2.45, 2.75) is 32.7 Å². The predicted molar refractivity (Wildman–Crippen MR) is 120 cm³/mol. The molecule has 2 aromatic carbocycles. The maximum Gasteiger partial charge on any atom is -0.147 e. The van der Waals surface area contributed by atoms with Crippen molar-refractivity contribution in [3.8, 4) is 0 Å². The van der Waals surface area contributed by atoms with E-state index in [0.717, 1.165) is 0 Å². The molecule has 0 aromatic heterocycles. The van der Waals surface area contributed by atoms with Crippen LogP contribution in [0.5, 0.6) is 0 Å². The van der Waals surface area contributed by atoms with Gasteiger partial charge in [-0.05, 0) is 0 Å². The fraction of sp³-hybridized carbons (Fsp3) is 0.273. The normalized spacial score (nSPS) is 21.0. The van der Waals surface area contributed by atoms with Crippen LogP contribution < -0.4 is 0 Å². The Morgan fingerprint density at radius 1 is 0.692 bits per heavy atom. The average Bonchev–Trinajstić information content (AvgIpc) is 3.02. The first-order valence-corrected chi connectivity index (χ1v) is 17.8. The first-order valence-electron chi connectivity index (χ1n) is 8.90. The fourth-order valence-corrected chi connectivity index (χ4v) is 19.6. The van der Waals surface area contributed by atoms with Crippen molar-refractivity contribution in [3.63, 3.8) is 0 Å². The van der Waals surface area contributed by atoms with Gasteiger partial charge in [0.25, 0.3) is 0 Å². The summed E-state index contributed by atoms with van der Waals surface area (Å²) in [5, 5.41) is 5.34. The minimum Gasteiger partial charge on any atom is -0.147 e. The van der Waals surface area contributed by atoms with Gasteiger partial charge in [-0.25, -0.2) is 0 Å². The second kappa shape index (κ2) is 7.11. The molecule has 0 N–H and O–H groups in total. The third kappa shape index (κ3) is 3.12. The van der Waals surface area contributed by atoms with E-state index in [4.69, 9.17) is 0 Å². The van der Waals surface area contributed by atoms with E-state index in [2.05, 4.69) is 92.6 Å². The topological polar surface area (TPSA) is 0 Å². The van der Waals surface area contributed by atoms with Crippen LogP contribution in [-0.4, -0.2) is 7.63 Å². The van der Waals surface area contributed by atoms with Gasteiger partial charge in [-0.2, -0.15) is 0 Å². The Morgan fingerprint density at radius 3 is 1.42 bits per heavy atom. The van der Waals surface area contributed by atoms with Crippen molar-refractivity contribution in [2.24, 2.45) is 0 Å². The van der Waals surface area contributed by atoms with Crippen molar-refractivity contribution >= 4 is 44.6 Å². The van der Waals surface area contributed by atoms with Gasteiger partial charge in [-0.1, -0.05) is 0 Å². The minimum atomic E-state index is -2.91. The van der Waals surface area contributed by atoms with Gasteiger partial charge in [0.15, 0.2) is 0 Å². The molecule has 0 bridgehead atoms.